The molecule has 0 spiro atoms. The largest absolute Gasteiger partial charge is 0.454 e. The first-order chi connectivity index (χ1) is 19.3. The van der Waals surface area contributed by atoms with Gasteiger partial charge in [-0.15, -0.1) is 0 Å². The molecular formula is C31H27F2IN4O2. The lowest BCUT2D eigenvalue weighted by atomic mass is 9.77. The number of halogens is 3. The summed E-state index contributed by atoms with van der Waals surface area (Å²) < 4.78 is 37.4. The molecule has 0 fully saturated rings. The molecule has 3 N–H and O–H groups in total. The quantitative estimate of drug-likeness (QED) is 0.106. The van der Waals surface area contributed by atoms with Crippen molar-refractivity contribution in [2.24, 2.45) is 0 Å². The lowest BCUT2D eigenvalue weighted by Gasteiger charge is -2.25. The minimum Gasteiger partial charge on any atom is -0.454 e. The van der Waals surface area contributed by atoms with Crippen molar-refractivity contribution in [3.63, 3.8) is 0 Å². The van der Waals surface area contributed by atoms with E-state index in [0.717, 1.165) is 14.5 Å². The summed E-state index contributed by atoms with van der Waals surface area (Å²) in [5.41, 5.74) is 2.32. The van der Waals surface area contributed by atoms with Gasteiger partial charge in [-0.2, -0.15) is 5.26 Å². The topological polar surface area (TPSA) is 97.7 Å². The minimum absolute atomic E-state index is 0.0468. The van der Waals surface area contributed by atoms with E-state index in [-0.39, 0.29) is 35.9 Å². The molecule has 6 nitrogen and oxygen atoms in total. The Bertz CT molecular complexity index is 1710. The molecule has 40 heavy (non-hydrogen) atoms. The summed E-state index contributed by atoms with van der Waals surface area (Å²) in [7, 11) is 0. The van der Waals surface area contributed by atoms with Crippen molar-refractivity contribution >= 4 is 33.5 Å². The fourth-order valence-electron chi connectivity index (χ4n) is 4.94. The Morgan fingerprint density at radius 3 is 2.70 bits per heavy atom. The molecule has 0 amide bonds. The van der Waals surface area contributed by atoms with E-state index < -0.39 is 17.0 Å². The molecule has 0 radical (unpaired) electrons. The van der Waals surface area contributed by atoms with Crippen LogP contribution in [0.2, 0.25) is 0 Å². The Labute approximate surface area is 244 Å². The van der Waals surface area contributed by atoms with Crippen LogP contribution in [0.25, 0.3) is 22.3 Å². The van der Waals surface area contributed by atoms with E-state index in [0.29, 0.717) is 36.0 Å². The van der Waals surface area contributed by atoms with Crippen LogP contribution in [0, 0.1) is 26.5 Å². The number of aromatic nitrogens is 3. The zero-order valence-electron chi connectivity index (χ0n) is 21.8. The number of ether oxygens (including phenoxy) is 1. The lowest BCUT2D eigenvalue weighted by Crippen LogP contribution is -2.23. The second kappa shape index (κ2) is 11.8. The van der Waals surface area contributed by atoms with Crippen LogP contribution in [0.5, 0.6) is 11.5 Å². The van der Waals surface area contributed by atoms with Gasteiger partial charge < -0.3 is 19.8 Å². The van der Waals surface area contributed by atoms with E-state index in [2.05, 4.69) is 38.6 Å². The average molecular weight is 652 g/mol. The second-order valence-corrected chi connectivity index (χ2v) is 11.1. The van der Waals surface area contributed by atoms with E-state index in [1.54, 1.807) is 12.4 Å². The van der Waals surface area contributed by atoms with E-state index in [4.69, 9.17) is 9.72 Å². The summed E-state index contributed by atoms with van der Waals surface area (Å²) in [6.45, 7) is 1.99. The molecule has 204 valence electrons. The first kappa shape index (κ1) is 27.8. The predicted octanol–water partition coefficient (Wildman–Crippen LogP) is 7.77. The number of unbranched alkanes of at least 4 members (excludes halogenated alkanes) is 1. The number of imidazole rings is 1. The minimum atomic E-state index is -0.714. The van der Waals surface area contributed by atoms with Gasteiger partial charge in [-0.25, -0.2) is 13.8 Å². The van der Waals surface area contributed by atoms with Crippen molar-refractivity contribution in [1.29, 1.82) is 5.26 Å². The number of aryl methyl sites for hydroxylation is 1. The number of nitrogens with zero attached hydrogens (tertiary/aromatic N) is 2. The van der Waals surface area contributed by atoms with Gasteiger partial charge in [0.2, 0.25) is 0 Å². The molecule has 9 heteroatoms. The van der Waals surface area contributed by atoms with Gasteiger partial charge in [0.25, 0.3) is 0 Å². The summed E-state index contributed by atoms with van der Waals surface area (Å²) in [6.07, 6.45) is 5.36. The highest BCUT2D eigenvalue weighted by molar-refractivity contribution is 14.1. The Morgan fingerprint density at radius 2 is 1.93 bits per heavy atom. The number of rotatable bonds is 10. The van der Waals surface area contributed by atoms with E-state index in [1.807, 2.05) is 37.3 Å². The van der Waals surface area contributed by atoms with Gasteiger partial charge >= 0.3 is 0 Å². The van der Waals surface area contributed by atoms with E-state index >= 15 is 8.78 Å². The van der Waals surface area contributed by atoms with Crippen molar-refractivity contribution in [1.82, 2.24) is 15.0 Å². The first-order valence-corrected chi connectivity index (χ1v) is 14.0. The molecule has 5 rings (SSSR count). The molecular weight excluding hydrogens is 625 g/mol. The third-order valence-electron chi connectivity index (χ3n) is 7.15. The fourth-order valence-corrected chi connectivity index (χ4v) is 5.48. The first-order valence-electron chi connectivity index (χ1n) is 12.9. The number of aliphatic hydroxyl groups excluding tert-OH is 1. The zero-order valence-corrected chi connectivity index (χ0v) is 23.9. The van der Waals surface area contributed by atoms with Crippen LogP contribution in [-0.4, -0.2) is 26.7 Å². The van der Waals surface area contributed by atoms with Crippen molar-refractivity contribution < 1.29 is 18.6 Å². The zero-order chi connectivity index (χ0) is 28.3. The number of nitrogens with one attached hydrogen (secondary N) is 2. The molecule has 1 unspecified atom stereocenters. The van der Waals surface area contributed by atoms with Crippen molar-refractivity contribution in [3.8, 4) is 29.0 Å². The highest BCUT2D eigenvalue weighted by atomic mass is 127. The predicted molar refractivity (Wildman–Crippen MR) is 158 cm³/mol. The fraction of sp³-hybridized carbons (Fsp3) is 0.226. The Kier molecular flexibility index (Phi) is 8.19. The van der Waals surface area contributed by atoms with Crippen LogP contribution >= 0.6 is 22.6 Å². The molecule has 1 atom stereocenters. The molecule has 0 aliphatic rings. The molecule has 0 saturated heterocycles. The van der Waals surface area contributed by atoms with Gasteiger partial charge in [0.1, 0.15) is 17.4 Å². The van der Waals surface area contributed by atoms with Gasteiger partial charge in [0, 0.05) is 50.5 Å². The van der Waals surface area contributed by atoms with Crippen molar-refractivity contribution in [2.75, 3.05) is 6.61 Å². The maximum atomic E-state index is 15.2. The van der Waals surface area contributed by atoms with Gasteiger partial charge in [0.05, 0.1) is 23.7 Å². The van der Waals surface area contributed by atoms with Crippen LogP contribution in [0.1, 0.15) is 43.0 Å². The SMILES string of the molecule is CC(CC#N)(c1cccc(I)c1)c1c[nH]c(-c2cc(Oc3c(F)cc4[nH]ccc4c3CCCCO)ccc2F)n1. The second-order valence-electron chi connectivity index (χ2n) is 9.84. The Balaban J connectivity index is 1.51. The molecule has 0 saturated carbocycles. The summed E-state index contributed by atoms with van der Waals surface area (Å²) in [6, 6.07) is 17.6. The molecule has 0 bridgehead atoms. The van der Waals surface area contributed by atoms with Crippen LogP contribution < -0.4 is 4.74 Å². The standard InChI is InChI=1S/C31H27F2IN4O2/c1-31(11-12-35,19-5-4-6-20(34)15-19)28-18-37-30(38-28)24-16-21(8-9-25(24)32)40-29-23(7-2-3-14-39)22-10-13-36-27(22)17-26(29)33/h4-6,8-10,13,15-18,36,39H,2-3,7,11,14H2,1H3,(H,37,38). The molecule has 2 aromatic heterocycles. The third-order valence-corrected chi connectivity index (χ3v) is 7.82. The summed E-state index contributed by atoms with van der Waals surface area (Å²) in [5.74, 6) is -0.455. The van der Waals surface area contributed by atoms with Crippen LogP contribution in [-0.2, 0) is 11.8 Å². The normalized spacial score (nSPS) is 12.8. The summed E-state index contributed by atoms with van der Waals surface area (Å²) in [4.78, 5) is 10.8. The molecule has 2 heterocycles. The number of benzene rings is 3. The third kappa shape index (κ3) is 5.46. The van der Waals surface area contributed by atoms with Crippen LogP contribution in [0.15, 0.2) is 67.0 Å². The maximum Gasteiger partial charge on any atom is 0.168 e. The number of nitriles is 1. The van der Waals surface area contributed by atoms with Crippen LogP contribution in [0.3, 0.4) is 0 Å². The summed E-state index contributed by atoms with van der Waals surface area (Å²) >= 11 is 2.23. The number of hydrogen-bond acceptors (Lipinski definition) is 4. The Morgan fingerprint density at radius 1 is 1.07 bits per heavy atom. The highest BCUT2D eigenvalue weighted by Gasteiger charge is 2.32. The maximum absolute atomic E-state index is 15.2. The highest BCUT2D eigenvalue weighted by Crippen LogP contribution is 2.38. The van der Waals surface area contributed by atoms with E-state index in [9.17, 15) is 10.4 Å². The van der Waals surface area contributed by atoms with Crippen molar-refractivity contribution in [2.45, 2.75) is 38.0 Å². The van der Waals surface area contributed by atoms with Crippen LogP contribution in [0.4, 0.5) is 8.78 Å². The van der Waals surface area contributed by atoms with Gasteiger partial charge in [-0.1, -0.05) is 12.1 Å². The Hall–Kier alpha value is -3.75. The number of H-pyrrole nitrogens is 2. The number of hydrogen-bond donors (Lipinski definition) is 3. The monoisotopic (exact) mass is 652 g/mol. The summed E-state index contributed by atoms with van der Waals surface area (Å²) in [5, 5.41) is 19.7. The molecule has 0 aliphatic carbocycles. The smallest absolute Gasteiger partial charge is 0.168 e. The lowest BCUT2D eigenvalue weighted by molar-refractivity contribution is 0.284. The number of aromatic amines is 2. The average Bonchev–Trinajstić information content (AvgIpc) is 3.62. The van der Waals surface area contributed by atoms with E-state index in [1.165, 1.54) is 24.3 Å². The molecule has 3 aromatic carbocycles. The van der Waals surface area contributed by atoms with Gasteiger partial charge in [0.15, 0.2) is 11.6 Å². The molecule has 0 aliphatic heterocycles. The van der Waals surface area contributed by atoms with Gasteiger partial charge in [-0.3, -0.25) is 0 Å². The number of fused-ring (bicyclic) bond motifs is 1. The van der Waals surface area contributed by atoms with Gasteiger partial charge in [-0.05, 0) is 90.7 Å². The number of aliphatic hydroxyl groups is 1. The van der Waals surface area contributed by atoms with Crippen molar-refractivity contribution in [3.05, 3.63) is 99.0 Å². The molecule has 5 aromatic rings.